The molecule has 1 amide bonds. The molecule has 0 unspecified atom stereocenters. The molecule has 98 valence electrons. The van der Waals surface area contributed by atoms with Crippen LogP contribution in [0.2, 0.25) is 0 Å². The summed E-state index contributed by atoms with van der Waals surface area (Å²) >= 11 is 1.62. The van der Waals surface area contributed by atoms with E-state index in [0.29, 0.717) is 19.0 Å². The van der Waals surface area contributed by atoms with E-state index in [1.807, 2.05) is 40.6 Å². The average molecular weight is 272 g/mol. The maximum Gasteiger partial charge on any atom is 0.227 e. The summed E-state index contributed by atoms with van der Waals surface area (Å²) in [6.45, 7) is 0.661. The van der Waals surface area contributed by atoms with Gasteiger partial charge in [0.15, 0.2) is 0 Å². The fraction of sp³-hybridized carbons (Fsp3) is 0.333. The van der Waals surface area contributed by atoms with E-state index < -0.39 is 0 Å². The molecule has 1 aromatic heterocycles. The van der Waals surface area contributed by atoms with E-state index in [0.717, 1.165) is 23.4 Å². The normalized spacial score (nSPS) is 14.3. The number of benzene rings is 1. The molecule has 0 saturated heterocycles. The minimum absolute atomic E-state index is 0.212. The Kier molecular flexibility index (Phi) is 3.60. The van der Waals surface area contributed by atoms with Gasteiger partial charge in [0.2, 0.25) is 5.91 Å². The average Bonchev–Trinajstić information content (AvgIpc) is 3.14. The highest BCUT2D eigenvalue weighted by atomic mass is 32.1. The third-order valence-electron chi connectivity index (χ3n) is 3.30. The molecular weight excluding hydrogens is 256 g/mol. The SMILES string of the molecule is O=C(Cc1ccccc1)N(Cc1nccs1)C1CC1. The van der Waals surface area contributed by atoms with E-state index in [-0.39, 0.29) is 5.91 Å². The van der Waals surface area contributed by atoms with E-state index in [4.69, 9.17) is 0 Å². The van der Waals surface area contributed by atoms with E-state index in [2.05, 4.69) is 4.98 Å². The number of thiazole rings is 1. The maximum absolute atomic E-state index is 12.4. The number of nitrogens with zero attached hydrogens (tertiary/aromatic N) is 2. The van der Waals surface area contributed by atoms with Crippen molar-refractivity contribution >= 4 is 17.2 Å². The van der Waals surface area contributed by atoms with Crippen molar-refractivity contribution in [1.82, 2.24) is 9.88 Å². The number of amides is 1. The van der Waals surface area contributed by atoms with Gasteiger partial charge in [-0.2, -0.15) is 0 Å². The van der Waals surface area contributed by atoms with Gasteiger partial charge in [0.05, 0.1) is 13.0 Å². The molecule has 1 saturated carbocycles. The molecule has 4 heteroatoms. The molecule has 0 spiro atoms. The van der Waals surface area contributed by atoms with Crippen molar-refractivity contribution in [3.8, 4) is 0 Å². The van der Waals surface area contributed by atoms with Crippen LogP contribution in [0.1, 0.15) is 23.4 Å². The monoisotopic (exact) mass is 272 g/mol. The molecule has 19 heavy (non-hydrogen) atoms. The first-order chi connectivity index (χ1) is 9.33. The molecular formula is C15H16N2OS. The Labute approximate surface area is 116 Å². The van der Waals surface area contributed by atoms with Crippen LogP contribution in [0.15, 0.2) is 41.9 Å². The van der Waals surface area contributed by atoms with Gasteiger partial charge in [-0.05, 0) is 18.4 Å². The third kappa shape index (κ3) is 3.20. The minimum atomic E-state index is 0.212. The lowest BCUT2D eigenvalue weighted by molar-refractivity contribution is -0.131. The molecule has 0 aliphatic heterocycles. The second-order valence-corrected chi connectivity index (χ2v) is 5.82. The Hall–Kier alpha value is -1.68. The lowest BCUT2D eigenvalue weighted by atomic mass is 10.1. The summed E-state index contributed by atoms with van der Waals surface area (Å²) in [5.41, 5.74) is 1.08. The van der Waals surface area contributed by atoms with Crippen LogP contribution in [0.5, 0.6) is 0 Å². The van der Waals surface area contributed by atoms with Gasteiger partial charge in [-0.1, -0.05) is 30.3 Å². The van der Waals surface area contributed by atoms with Crippen LogP contribution in [-0.2, 0) is 17.8 Å². The Morgan fingerprint density at radius 2 is 2.11 bits per heavy atom. The first-order valence-corrected chi connectivity index (χ1v) is 7.42. The van der Waals surface area contributed by atoms with Crippen LogP contribution < -0.4 is 0 Å². The Bertz CT molecular complexity index is 535. The van der Waals surface area contributed by atoms with Gasteiger partial charge in [0.25, 0.3) is 0 Å². The molecule has 0 N–H and O–H groups in total. The summed E-state index contributed by atoms with van der Waals surface area (Å²) < 4.78 is 0. The summed E-state index contributed by atoms with van der Waals surface area (Å²) in [5, 5.41) is 2.98. The number of rotatable bonds is 5. The quantitative estimate of drug-likeness (QED) is 0.838. The molecule has 1 aromatic carbocycles. The van der Waals surface area contributed by atoms with Crippen molar-refractivity contribution in [3.63, 3.8) is 0 Å². The molecule has 1 aliphatic carbocycles. The lowest BCUT2D eigenvalue weighted by Gasteiger charge is -2.21. The van der Waals surface area contributed by atoms with Gasteiger partial charge in [0, 0.05) is 17.6 Å². The van der Waals surface area contributed by atoms with Gasteiger partial charge < -0.3 is 4.90 Å². The fourth-order valence-corrected chi connectivity index (χ4v) is 2.77. The molecule has 3 rings (SSSR count). The van der Waals surface area contributed by atoms with Crippen molar-refractivity contribution in [1.29, 1.82) is 0 Å². The topological polar surface area (TPSA) is 33.2 Å². The highest BCUT2D eigenvalue weighted by Crippen LogP contribution is 2.29. The second kappa shape index (κ2) is 5.53. The van der Waals surface area contributed by atoms with E-state index >= 15 is 0 Å². The van der Waals surface area contributed by atoms with Crippen molar-refractivity contribution in [3.05, 3.63) is 52.5 Å². The third-order valence-corrected chi connectivity index (χ3v) is 4.06. The summed E-state index contributed by atoms with van der Waals surface area (Å²) in [6.07, 6.45) is 4.55. The highest BCUT2D eigenvalue weighted by molar-refractivity contribution is 7.09. The van der Waals surface area contributed by atoms with Gasteiger partial charge in [-0.25, -0.2) is 4.98 Å². The van der Waals surface area contributed by atoms with Crippen LogP contribution in [0.4, 0.5) is 0 Å². The zero-order valence-electron chi connectivity index (χ0n) is 10.7. The van der Waals surface area contributed by atoms with Crippen molar-refractivity contribution < 1.29 is 4.79 Å². The highest BCUT2D eigenvalue weighted by Gasteiger charge is 2.32. The van der Waals surface area contributed by atoms with E-state index in [1.165, 1.54) is 0 Å². The number of carbonyl (C=O) groups excluding carboxylic acids is 1. The van der Waals surface area contributed by atoms with Crippen molar-refractivity contribution in [2.75, 3.05) is 0 Å². The van der Waals surface area contributed by atoms with Gasteiger partial charge >= 0.3 is 0 Å². The summed E-state index contributed by atoms with van der Waals surface area (Å²) in [6, 6.07) is 10.4. The molecule has 2 aromatic rings. The Balaban J connectivity index is 1.68. The van der Waals surface area contributed by atoms with E-state index in [1.54, 1.807) is 17.5 Å². The largest absolute Gasteiger partial charge is 0.333 e. The number of hydrogen-bond donors (Lipinski definition) is 0. The van der Waals surface area contributed by atoms with Crippen LogP contribution in [0.25, 0.3) is 0 Å². The maximum atomic E-state index is 12.4. The van der Waals surface area contributed by atoms with Gasteiger partial charge in [-0.15, -0.1) is 11.3 Å². The molecule has 0 radical (unpaired) electrons. The molecule has 0 atom stereocenters. The molecule has 0 bridgehead atoms. The fourth-order valence-electron chi connectivity index (χ4n) is 2.16. The van der Waals surface area contributed by atoms with Crippen LogP contribution in [0, 0.1) is 0 Å². The molecule has 1 fully saturated rings. The van der Waals surface area contributed by atoms with Crippen LogP contribution in [-0.4, -0.2) is 21.8 Å². The minimum Gasteiger partial charge on any atom is -0.333 e. The van der Waals surface area contributed by atoms with Gasteiger partial charge in [-0.3, -0.25) is 4.79 Å². The predicted molar refractivity (Wildman–Crippen MR) is 75.8 cm³/mol. The molecule has 1 heterocycles. The van der Waals surface area contributed by atoms with Gasteiger partial charge in [0.1, 0.15) is 5.01 Å². The van der Waals surface area contributed by atoms with Crippen LogP contribution in [0.3, 0.4) is 0 Å². The molecule has 1 aliphatic rings. The van der Waals surface area contributed by atoms with E-state index in [9.17, 15) is 4.79 Å². The standard InChI is InChI=1S/C15H16N2OS/c18-15(10-12-4-2-1-3-5-12)17(13-6-7-13)11-14-16-8-9-19-14/h1-5,8-9,13H,6-7,10-11H2. The lowest BCUT2D eigenvalue weighted by Crippen LogP contribution is -2.33. The molecule has 3 nitrogen and oxygen atoms in total. The summed E-state index contributed by atoms with van der Waals surface area (Å²) in [7, 11) is 0. The number of carbonyl (C=O) groups is 1. The number of hydrogen-bond acceptors (Lipinski definition) is 3. The second-order valence-electron chi connectivity index (χ2n) is 4.84. The summed E-state index contributed by atoms with van der Waals surface area (Å²) in [4.78, 5) is 18.7. The van der Waals surface area contributed by atoms with Crippen molar-refractivity contribution in [2.24, 2.45) is 0 Å². The predicted octanol–water partition coefficient (Wildman–Crippen LogP) is 2.88. The zero-order chi connectivity index (χ0) is 13.1. The van der Waals surface area contributed by atoms with Crippen LogP contribution >= 0.6 is 11.3 Å². The number of aromatic nitrogens is 1. The zero-order valence-corrected chi connectivity index (χ0v) is 11.5. The first-order valence-electron chi connectivity index (χ1n) is 6.54. The Morgan fingerprint density at radius 3 is 2.74 bits per heavy atom. The first kappa shape index (κ1) is 12.4. The smallest absolute Gasteiger partial charge is 0.227 e. The summed E-state index contributed by atoms with van der Waals surface area (Å²) in [5.74, 6) is 0.212. The van der Waals surface area contributed by atoms with Crippen molar-refractivity contribution in [2.45, 2.75) is 31.8 Å². The Morgan fingerprint density at radius 1 is 1.32 bits per heavy atom.